The first kappa shape index (κ1) is 15.8. The molecule has 1 aliphatic rings. The Hall–Kier alpha value is -3.09. The molecule has 3 heteroatoms. The maximum absolute atomic E-state index is 9.69. The van der Waals surface area contributed by atoms with Crippen LogP contribution in [0.25, 0.3) is 10.8 Å². The number of allylic oxidation sites excluding steroid dienone is 2. The Balaban J connectivity index is 2.02. The van der Waals surface area contributed by atoms with Crippen LogP contribution in [0.1, 0.15) is 36.8 Å². The fraction of sp³-hybridized carbons (Fsp3) is 0.286. The quantitative estimate of drug-likeness (QED) is 0.762. The molecule has 0 unspecified atom stereocenters. The van der Waals surface area contributed by atoms with Gasteiger partial charge in [-0.3, -0.25) is 0 Å². The molecule has 0 aromatic heterocycles. The van der Waals surface area contributed by atoms with E-state index in [-0.39, 0.29) is 6.42 Å². The van der Waals surface area contributed by atoms with Crippen LogP contribution in [0.15, 0.2) is 48.0 Å². The highest BCUT2D eigenvalue weighted by Gasteiger charge is 2.33. The van der Waals surface area contributed by atoms with E-state index in [1.54, 1.807) is 0 Å². The maximum atomic E-state index is 9.69. The van der Waals surface area contributed by atoms with Crippen LogP contribution in [0.3, 0.4) is 0 Å². The van der Waals surface area contributed by atoms with Gasteiger partial charge in [-0.2, -0.15) is 15.8 Å². The van der Waals surface area contributed by atoms with Gasteiger partial charge in [-0.05, 0) is 35.6 Å². The molecule has 24 heavy (non-hydrogen) atoms. The lowest BCUT2D eigenvalue weighted by Gasteiger charge is -2.20. The zero-order valence-corrected chi connectivity index (χ0v) is 13.4. The van der Waals surface area contributed by atoms with E-state index in [0.29, 0.717) is 12.0 Å². The van der Waals surface area contributed by atoms with Gasteiger partial charge in [0.15, 0.2) is 5.41 Å². The standard InChI is InChI=1S/C21H17N3/c22-13-20-18(10-9-17-7-3-4-8-19(17)20)12-21(14-23,15-24)11-16-5-1-2-6-16/h3-5,7-10H,1-2,6,11-12H2. The molecule has 116 valence electrons. The summed E-state index contributed by atoms with van der Waals surface area (Å²) in [6, 6.07) is 18.3. The minimum Gasteiger partial charge on any atom is -0.197 e. The molecule has 0 spiro atoms. The van der Waals surface area contributed by atoms with E-state index < -0.39 is 5.41 Å². The van der Waals surface area contributed by atoms with Crippen LogP contribution >= 0.6 is 0 Å². The lowest BCUT2D eigenvalue weighted by Crippen LogP contribution is -2.21. The predicted molar refractivity (Wildman–Crippen MR) is 92.6 cm³/mol. The summed E-state index contributed by atoms with van der Waals surface area (Å²) in [5.41, 5.74) is 1.43. The van der Waals surface area contributed by atoms with E-state index in [4.69, 9.17) is 0 Å². The average Bonchev–Trinajstić information content (AvgIpc) is 3.13. The maximum Gasteiger partial charge on any atom is 0.151 e. The van der Waals surface area contributed by atoms with Crippen molar-refractivity contribution in [3.63, 3.8) is 0 Å². The van der Waals surface area contributed by atoms with Crippen molar-refractivity contribution in [2.24, 2.45) is 5.41 Å². The molecule has 0 aliphatic heterocycles. The molecular weight excluding hydrogens is 294 g/mol. The third-order valence-electron chi connectivity index (χ3n) is 4.71. The van der Waals surface area contributed by atoms with E-state index in [2.05, 4.69) is 24.3 Å². The van der Waals surface area contributed by atoms with Crippen LogP contribution in [0.5, 0.6) is 0 Å². The van der Waals surface area contributed by atoms with Gasteiger partial charge in [-0.15, -0.1) is 0 Å². The number of fused-ring (bicyclic) bond motifs is 1. The molecule has 3 nitrogen and oxygen atoms in total. The molecule has 0 fully saturated rings. The van der Waals surface area contributed by atoms with E-state index in [1.807, 2.05) is 36.4 Å². The third-order valence-corrected chi connectivity index (χ3v) is 4.71. The second-order valence-corrected chi connectivity index (χ2v) is 6.35. The molecule has 2 aromatic rings. The molecule has 0 bridgehead atoms. The van der Waals surface area contributed by atoms with Crippen molar-refractivity contribution in [1.29, 1.82) is 15.8 Å². The molecule has 2 aromatic carbocycles. The van der Waals surface area contributed by atoms with Gasteiger partial charge in [0.1, 0.15) is 6.07 Å². The second-order valence-electron chi connectivity index (χ2n) is 6.35. The van der Waals surface area contributed by atoms with Crippen molar-refractivity contribution in [3.8, 4) is 18.2 Å². The largest absolute Gasteiger partial charge is 0.197 e. The molecule has 0 amide bonds. The van der Waals surface area contributed by atoms with Gasteiger partial charge in [-0.25, -0.2) is 0 Å². The molecule has 1 aliphatic carbocycles. The first-order valence-electron chi connectivity index (χ1n) is 8.12. The summed E-state index contributed by atoms with van der Waals surface area (Å²) in [7, 11) is 0. The third kappa shape index (κ3) is 2.88. The van der Waals surface area contributed by atoms with Crippen LogP contribution < -0.4 is 0 Å². The van der Waals surface area contributed by atoms with Crippen molar-refractivity contribution >= 4 is 10.8 Å². The number of benzene rings is 2. The van der Waals surface area contributed by atoms with Crippen LogP contribution in [-0.2, 0) is 6.42 Å². The predicted octanol–water partition coefficient (Wildman–Crippen LogP) is 4.79. The normalized spacial score (nSPS) is 13.8. The van der Waals surface area contributed by atoms with Gasteiger partial charge in [-0.1, -0.05) is 48.0 Å². The fourth-order valence-electron chi connectivity index (χ4n) is 3.45. The molecule has 0 N–H and O–H groups in total. The van der Waals surface area contributed by atoms with E-state index in [0.717, 1.165) is 35.6 Å². The highest BCUT2D eigenvalue weighted by Crippen LogP contribution is 2.35. The van der Waals surface area contributed by atoms with Gasteiger partial charge in [0, 0.05) is 12.8 Å². The summed E-state index contributed by atoms with van der Waals surface area (Å²) >= 11 is 0. The minimum atomic E-state index is -1.11. The van der Waals surface area contributed by atoms with Crippen molar-refractivity contribution in [1.82, 2.24) is 0 Å². The zero-order chi connectivity index (χ0) is 17.0. The van der Waals surface area contributed by atoms with Crippen LogP contribution in [0.4, 0.5) is 0 Å². The van der Waals surface area contributed by atoms with Gasteiger partial charge >= 0.3 is 0 Å². The number of hydrogen-bond acceptors (Lipinski definition) is 3. The van der Waals surface area contributed by atoms with Crippen LogP contribution in [-0.4, -0.2) is 0 Å². The molecule has 3 rings (SSSR count). The molecule has 0 saturated heterocycles. The Bertz CT molecular complexity index is 918. The van der Waals surface area contributed by atoms with E-state index >= 15 is 0 Å². The van der Waals surface area contributed by atoms with Crippen molar-refractivity contribution in [2.75, 3.05) is 0 Å². The smallest absolute Gasteiger partial charge is 0.151 e. The number of nitriles is 3. The fourth-order valence-corrected chi connectivity index (χ4v) is 3.45. The summed E-state index contributed by atoms with van der Waals surface area (Å²) in [6.07, 6.45) is 6.00. The Morgan fingerprint density at radius 1 is 0.958 bits per heavy atom. The highest BCUT2D eigenvalue weighted by molar-refractivity contribution is 5.89. The number of rotatable bonds is 4. The van der Waals surface area contributed by atoms with Crippen molar-refractivity contribution in [2.45, 2.75) is 32.1 Å². The SMILES string of the molecule is N#Cc1c(CC(C#N)(C#N)CC2=CCCC2)ccc2ccccc12. The monoisotopic (exact) mass is 311 g/mol. The lowest BCUT2D eigenvalue weighted by molar-refractivity contribution is 0.506. The van der Waals surface area contributed by atoms with Crippen LogP contribution in [0.2, 0.25) is 0 Å². The molecular formula is C21H17N3. The average molecular weight is 311 g/mol. The Labute approximate surface area is 142 Å². The van der Waals surface area contributed by atoms with Crippen LogP contribution in [0, 0.1) is 39.4 Å². The van der Waals surface area contributed by atoms with Gasteiger partial charge in [0.05, 0.1) is 17.7 Å². The summed E-state index contributed by atoms with van der Waals surface area (Å²) in [4.78, 5) is 0. The molecule has 0 saturated carbocycles. The molecule has 0 atom stereocenters. The van der Waals surface area contributed by atoms with Gasteiger partial charge in [0.25, 0.3) is 0 Å². The number of hydrogen-bond donors (Lipinski definition) is 0. The highest BCUT2D eigenvalue weighted by atomic mass is 14.4. The summed E-state index contributed by atoms with van der Waals surface area (Å²) in [5.74, 6) is 0. The second kappa shape index (κ2) is 6.57. The van der Waals surface area contributed by atoms with Crippen molar-refractivity contribution < 1.29 is 0 Å². The minimum absolute atomic E-state index is 0.283. The topological polar surface area (TPSA) is 71.4 Å². The van der Waals surface area contributed by atoms with E-state index in [1.165, 1.54) is 5.57 Å². The number of nitrogens with zero attached hydrogens (tertiary/aromatic N) is 3. The Morgan fingerprint density at radius 3 is 2.42 bits per heavy atom. The Morgan fingerprint density at radius 2 is 1.75 bits per heavy atom. The first-order chi connectivity index (χ1) is 11.7. The molecule has 0 radical (unpaired) electrons. The first-order valence-corrected chi connectivity index (χ1v) is 8.12. The van der Waals surface area contributed by atoms with Crippen molar-refractivity contribution in [3.05, 3.63) is 59.2 Å². The lowest BCUT2D eigenvalue weighted by atomic mass is 9.77. The zero-order valence-electron chi connectivity index (χ0n) is 13.4. The summed E-state index contributed by atoms with van der Waals surface area (Å²) in [6.45, 7) is 0. The van der Waals surface area contributed by atoms with E-state index in [9.17, 15) is 15.8 Å². The molecule has 0 heterocycles. The van der Waals surface area contributed by atoms with Gasteiger partial charge in [0.2, 0.25) is 0 Å². The Kier molecular flexibility index (Phi) is 4.33. The van der Waals surface area contributed by atoms with Gasteiger partial charge < -0.3 is 0 Å². The summed E-state index contributed by atoms with van der Waals surface area (Å²) < 4.78 is 0. The summed E-state index contributed by atoms with van der Waals surface area (Å²) in [5, 5.41) is 30.9.